The largest absolute Gasteiger partial charge is 0.385 e. The van der Waals surface area contributed by atoms with Crippen molar-refractivity contribution in [2.75, 3.05) is 20.3 Å². The Kier molecular flexibility index (Phi) is 5.80. The van der Waals surface area contributed by atoms with Gasteiger partial charge in [0.05, 0.1) is 12.2 Å². The van der Waals surface area contributed by atoms with Crippen LogP contribution in [0.25, 0.3) is 0 Å². The molecule has 1 saturated heterocycles. The molecule has 2 amide bonds. The van der Waals surface area contributed by atoms with Crippen LogP contribution in [0.4, 0.5) is 4.79 Å². The maximum Gasteiger partial charge on any atom is 0.317 e. The molecule has 0 aliphatic carbocycles. The molecule has 1 aromatic rings. The van der Waals surface area contributed by atoms with E-state index in [2.05, 4.69) is 10.3 Å². The molecule has 5 heteroatoms. The molecule has 20 heavy (non-hydrogen) atoms. The number of carbonyl (C=O) groups is 1. The fourth-order valence-corrected chi connectivity index (χ4v) is 2.59. The van der Waals surface area contributed by atoms with Gasteiger partial charge in [-0.25, -0.2) is 4.79 Å². The van der Waals surface area contributed by atoms with Crippen molar-refractivity contribution in [2.45, 2.75) is 38.3 Å². The summed E-state index contributed by atoms with van der Waals surface area (Å²) in [6.45, 7) is 2.02. The summed E-state index contributed by atoms with van der Waals surface area (Å²) < 4.78 is 5.13. The fraction of sp³-hybridized carbons (Fsp3) is 0.600. The molecular weight excluding hydrogens is 254 g/mol. The van der Waals surface area contributed by atoms with Crippen LogP contribution in [-0.4, -0.2) is 42.2 Å². The molecule has 2 heterocycles. The number of amides is 2. The molecule has 0 aromatic carbocycles. The van der Waals surface area contributed by atoms with Gasteiger partial charge in [-0.3, -0.25) is 4.98 Å². The lowest BCUT2D eigenvalue weighted by atomic mass is 10.00. The number of nitrogens with zero attached hydrogens (tertiary/aromatic N) is 2. The Labute approximate surface area is 120 Å². The SMILES string of the molecule is COCC[C@@H]1CCCCN1C(=O)NCc1ccccn1. The molecule has 1 N–H and O–H groups in total. The number of ether oxygens (including phenoxy) is 1. The van der Waals surface area contributed by atoms with Gasteiger partial charge in [-0.1, -0.05) is 6.07 Å². The first kappa shape index (κ1) is 14.8. The van der Waals surface area contributed by atoms with Crippen LogP contribution >= 0.6 is 0 Å². The molecule has 2 rings (SSSR count). The highest BCUT2D eigenvalue weighted by Gasteiger charge is 2.26. The van der Waals surface area contributed by atoms with E-state index in [1.54, 1.807) is 13.3 Å². The number of methoxy groups -OCH3 is 1. The van der Waals surface area contributed by atoms with Crippen molar-refractivity contribution in [2.24, 2.45) is 0 Å². The van der Waals surface area contributed by atoms with E-state index in [1.807, 2.05) is 23.1 Å². The summed E-state index contributed by atoms with van der Waals surface area (Å²) in [4.78, 5) is 18.5. The molecule has 1 aliphatic heterocycles. The van der Waals surface area contributed by atoms with Crippen molar-refractivity contribution in [1.29, 1.82) is 0 Å². The van der Waals surface area contributed by atoms with Gasteiger partial charge in [-0.2, -0.15) is 0 Å². The van der Waals surface area contributed by atoms with E-state index in [9.17, 15) is 4.79 Å². The number of urea groups is 1. The molecule has 0 saturated carbocycles. The maximum atomic E-state index is 12.3. The van der Waals surface area contributed by atoms with Crippen LogP contribution < -0.4 is 5.32 Å². The first-order chi connectivity index (χ1) is 9.81. The van der Waals surface area contributed by atoms with E-state index in [-0.39, 0.29) is 6.03 Å². The number of aromatic nitrogens is 1. The molecular formula is C15H23N3O2. The summed E-state index contributed by atoms with van der Waals surface area (Å²) in [6, 6.07) is 6.02. The van der Waals surface area contributed by atoms with E-state index in [0.717, 1.165) is 31.5 Å². The Morgan fingerprint density at radius 2 is 2.40 bits per heavy atom. The van der Waals surface area contributed by atoms with Crippen LogP contribution in [0, 0.1) is 0 Å². The van der Waals surface area contributed by atoms with Crippen molar-refractivity contribution in [3.8, 4) is 0 Å². The van der Waals surface area contributed by atoms with Gasteiger partial charge >= 0.3 is 6.03 Å². The smallest absolute Gasteiger partial charge is 0.317 e. The van der Waals surface area contributed by atoms with E-state index < -0.39 is 0 Å². The van der Waals surface area contributed by atoms with Crippen LogP contribution in [-0.2, 0) is 11.3 Å². The summed E-state index contributed by atoms with van der Waals surface area (Å²) in [5, 5.41) is 2.96. The zero-order chi connectivity index (χ0) is 14.2. The predicted octanol–water partition coefficient (Wildman–Crippen LogP) is 2.18. The molecule has 110 valence electrons. The molecule has 0 unspecified atom stereocenters. The second-order valence-corrected chi connectivity index (χ2v) is 5.10. The highest BCUT2D eigenvalue weighted by Crippen LogP contribution is 2.19. The number of piperidine rings is 1. The van der Waals surface area contributed by atoms with Crippen molar-refractivity contribution >= 4 is 6.03 Å². The van der Waals surface area contributed by atoms with Crippen LogP contribution in [0.15, 0.2) is 24.4 Å². The maximum absolute atomic E-state index is 12.3. The van der Waals surface area contributed by atoms with Crippen LogP contribution in [0.5, 0.6) is 0 Å². The number of carbonyl (C=O) groups excluding carboxylic acids is 1. The number of pyridine rings is 1. The minimum absolute atomic E-state index is 0.0106. The van der Waals surface area contributed by atoms with Gasteiger partial charge < -0.3 is 15.0 Å². The topological polar surface area (TPSA) is 54.5 Å². The summed E-state index contributed by atoms with van der Waals surface area (Å²) >= 11 is 0. The van der Waals surface area contributed by atoms with Crippen LogP contribution in [0.3, 0.4) is 0 Å². The minimum atomic E-state index is 0.0106. The Balaban J connectivity index is 1.85. The number of hydrogen-bond acceptors (Lipinski definition) is 3. The minimum Gasteiger partial charge on any atom is -0.385 e. The van der Waals surface area contributed by atoms with Crippen LogP contribution in [0.1, 0.15) is 31.4 Å². The lowest BCUT2D eigenvalue weighted by Gasteiger charge is -2.35. The summed E-state index contributed by atoms with van der Waals surface area (Å²) in [7, 11) is 1.70. The van der Waals surface area contributed by atoms with Crippen LogP contribution in [0.2, 0.25) is 0 Å². The molecule has 5 nitrogen and oxygen atoms in total. The van der Waals surface area contributed by atoms with Gasteiger partial charge in [0.1, 0.15) is 0 Å². The standard InChI is InChI=1S/C15H23N3O2/c1-20-11-8-14-7-3-5-10-18(14)15(19)17-12-13-6-2-4-9-16-13/h2,4,6,9,14H,3,5,7-8,10-12H2,1H3,(H,17,19)/t14-/m0/s1. The average Bonchev–Trinajstić information content (AvgIpc) is 2.52. The second-order valence-electron chi connectivity index (χ2n) is 5.10. The molecule has 0 spiro atoms. The predicted molar refractivity (Wildman–Crippen MR) is 77.3 cm³/mol. The van der Waals surface area contributed by atoms with Crippen molar-refractivity contribution in [1.82, 2.24) is 15.2 Å². The highest BCUT2D eigenvalue weighted by atomic mass is 16.5. The third kappa shape index (κ3) is 4.20. The number of likely N-dealkylation sites (tertiary alicyclic amines) is 1. The molecule has 0 bridgehead atoms. The van der Waals surface area contributed by atoms with Gasteiger partial charge in [0, 0.05) is 32.5 Å². The molecule has 1 atom stereocenters. The van der Waals surface area contributed by atoms with Gasteiger partial charge in [0.15, 0.2) is 0 Å². The van der Waals surface area contributed by atoms with Gasteiger partial charge in [-0.05, 0) is 37.8 Å². The first-order valence-corrected chi connectivity index (χ1v) is 7.24. The van der Waals surface area contributed by atoms with E-state index in [1.165, 1.54) is 6.42 Å². The normalized spacial score (nSPS) is 18.9. The van der Waals surface area contributed by atoms with E-state index in [4.69, 9.17) is 4.74 Å². The van der Waals surface area contributed by atoms with Crippen molar-refractivity contribution < 1.29 is 9.53 Å². The van der Waals surface area contributed by atoms with Crippen molar-refractivity contribution in [3.05, 3.63) is 30.1 Å². The van der Waals surface area contributed by atoms with Crippen molar-refractivity contribution in [3.63, 3.8) is 0 Å². The zero-order valence-corrected chi connectivity index (χ0v) is 12.0. The zero-order valence-electron chi connectivity index (χ0n) is 12.0. The van der Waals surface area contributed by atoms with Gasteiger partial charge in [-0.15, -0.1) is 0 Å². The first-order valence-electron chi connectivity index (χ1n) is 7.24. The average molecular weight is 277 g/mol. The molecule has 1 aliphatic rings. The highest BCUT2D eigenvalue weighted by molar-refractivity contribution is 5.74. The monoisotopic (exact) mass is 277 g/mol. The third-order valence-corrected chi connectivity index (χ3v) is 3.69. The Morgan fingerprint density at radius 3 is 3.15 bits per heavy atom. The lowest BCUT2D eigenvalue weighted by Crippen LogP contribution is -2.48. The number of nitrogens with one attached hydrogen (secondary N) is 1. The molecule has 1 fully saturated rings. The lowest BCUT2D eigenvalue weighted by molar-refractivity contribution is 0.116. The molecule has 0 radical (unpaired) electrons. The molecule has 1 aromatic heterocycles. The van der Waals surface area contributed by atoms with E-state index in [0.29, 0.717) is 19.2 Å². The Bertz CT molecular complexity index is 411. The quantitative estimate of drug-likeness (QED) is 0.897. The Hall–Kier alpha value is -1.62. The number of hydrogen-bond donors (Lipinski definition) is 1. The summed E-state index contributed by atoms with van der Waals surface area (Å²) in [6.07, 6.45) is 6.00. The second kappa shape index (κ2) is 7.85. The van der Waals surface area contributed by atoms with E-state index >= 15 is 0 Å². The Morgan fingerprint density at radius 1 is 1.50 bits per heavy atom. The fourth-order valence-electron chi connectivity index (χ4n) is 2.59. The van der Waals surface area contributed by atoms with Gasteiger partial charge in [0.25, 0.3) is 0 Å². The number of rotatable bonds is 5. The third-order valence-electron chi connectivity index (χ3n) is 3.69. The summed E-state index contributed by atoms with van der Waals surface area (Å²) in [5.74, 6) is 0. The van der Waals surface area contributed by atoms with Gasteiger partial charge in [0.2, 0.25) is 0 Å². The summed E-state index contributed by atoms with van der Waals surface area (Å²) in [5.41, 5.74) is 0.881.